The Morgan fingerprint density at radius 2 is 1.91 bits per heavy atom. The lowest BCUT2D eigenvalue weighted by Gasteiger charge is -2.33. The Balaban J connectivity index is 1.53. The van der Waals surface area contributed by atoms with Crippen molar-refractivity contribution >= 4 is 54.0 Å². The summed E-state index contributed by atoms with van der Waals surface area (Å²) in [5, 5.41) is 2.45. The number of nitrogens with zero attached hydrogens (tertiary/aromatic N) is 4. The summed E-state index contributed by atoms with van der Waals surface area (Å²) in [5.41, 5.74) is 0.836. The Morgan fingerprint density at radius 1 is 1.17 bits per heavy atom. The number of ether oxygens (including phenoxy) is 1. The van der Waals surface area contributed by atoms with E-state index in [9.17, 15) is 13.2 Å². The van der Waals surface area contributed by atoms with Gasteiger partial charge < -0.3 is 9.64 Å². The molecule has 0 bridgehead atoms. The van der Waals surface area contributed by atoms with Crippen LogP contribution in [-0.2, 0) is 14.8 Å². The van der Waals surface area contributed by atoms with Crippen LogP contribution < -0.4 is 9.64 Å². The van der Waals surface area contributed by atoms with E-state index in [4.69, 9.17) is 9.72 Å². The van der Waals surface area contributed by atoms with E-state index in [-0.39, 0.29) is 11.8 Å². The van der Waals surface area contributed by atoms with Gasteiger partial charge in [-0.05, 0) is 55.6 Å². The third kappa shape index (κ3) is 5.69. The zero-order valence-corrected chi connectivity index (χ0v) is 22.8. The summed E-state index contributed by atoms with van der Waals surface area (Å²) < 4.78 is 34.0. The second kappa shape index (κ2) is 11.3. The van der Waals surface area contributed by atoms with Crippen LogP contribution in [0.25, 0.3) is 10.2 Å². The average molecular weight is 537 g/mol. The van der Waals surface area contributed by atoms with Crippen LogP contribution >= 0.6 is 22.7 Å². The van der Waals surface area contributed by atoms with Gasteiger partial charge in [0.25, 0.3) is 10.0 Å². The van der Waals surface area contributed by atoms with Crippen molar-refractivity contribution in [3.63, 3.8) is 0 Å². The van der Waals surface area contributed by atoms with Crippen LogP contribution in [-0.4, -0.2) is 74.9 Å². The van der Waals surface area contributed by atoms with Crippen molar-refractivity contribution in [2.45, 2.75) is 30.9 Å². The molecule has 0 atom stereocenters. The summed E-state index contributed by atoms with van der Waals surface area (Å²) in [6.45, 7) is 8.04. The zero-order chi connectivity index (χ0) is 25.0. The topological polar surface area (TPSA) is 83.0 Å². The van der Waals surface area contributed by atoms with E-state index in [1.54, 1.807) is 24.6 Å². The molecule has 0 radical (unpaired) electrons. The summed E-state index contributed by atoms with van der Waals surface area (Å²) in [6.07, 6.45) is 1.01. The van der Waals surface area contributed by atoms with Crippen molar-refractivity contribution in [3.05, 3.63) is 35.7 Å². The summed E-state index contributed by atoms with van der Waals surface area (Å²) in [7, 11) is -1.86. The number of piperidine rings is 1. The Hall–Kier alpha value is -2.05. The van der Waals surface area contributed by atoms with Gasteiger partial charge in [-0.3, -0.25) is 9.69 Å². The first-order valence-electron chi connectivity index (χ1n) is 11.9. The number of fused-ring (bicyclic) bond motifs is 1. The Morgan fingerprint density at radius 3 is 2.54 bits per heavy atom. The molecule has 0 saturated carbocycles. The van der Waals surface area contributed by atoms with E-state index in [1.165, 1.54) is 27.0 Å². The van der Waals surface area contributed by atoms with Crippen molar-refractivity contribution in [2.24, 2.45) is 5.92 Å². The SMILES string of the molecule is CCN(CC)CCN(C(=O)C1CCN(S(=O)(=O)c2cccs2)CC1)c1nc2ccc(OC)cc2s1. The largest absolute Gasteiger partial charge is 0.497 e. The second-order valence-corrected chi connectivity index (χ2v) is 12.6. The molecule has 8 nitrogen and oxygen atoms in total. The Kier molecular flexibility index (Phi) is 8.43. The van der Waals surface area contributed by atoms with Crippen molar-refractivity contribution in [1.29, 1.82) is 0 Å². The normalized spacial score (nSPS) is 15.7. The molecule has 1 fully saturated rings. The molecule has 0 N–H and O–H groups in total. The van der Waals surface area contributed by atoms with Gasteiger partial charge in [0, 0.05) is 32.1 Å². The van der Waals surface area contributed by atoms with E-state index in [2.05, 4.69) is 18.7 Å². The van der Waals surface area contributed by atoms with Gasteiger partial charge >= 0.3 is 0 Å². The number of amides is 1. The maximum absolute atomic E-state index is 13.8. The highest BCUT2D eigenvalue weighted by atomic mass is 32.2. The number of carbonyl (C=O) groups is 1. The number of hydrogen-bond donors (Lipinski definition) is 0. The molecular weight excluding hydrogens is 504 g/mol. The fraction of sp³-hybridized carbons (Fsp3) is 0.500. The maximum Gasteiger partial charge on any atom is 0.252 e. The molecule has 3 heterocycles. The van der Waals surface area contributed by atoms with Crippen LogP contribution in [0, 0.1) is 5.92 Å². The van der Waals surface area contributed by atoms with Crippen LogP contribution in [0.3, 0.4) is 0 Å². The molecule has 1 amide bonds. The summed E-state index contributed by atoms with van der Waals surface area (Å²) in [4.78, 5) is 22.6. The number of rotatable bonds is 10. The van der Waals surface area contributed by atoms with Crippen LogP contribution in [0.15, 0.2) is 39.9 Å². The summed E-state index contributed by atoms with van der Waals surface area (Å²) in [5.74, 6) is 0.549. The first-order valence-corrected chi connectivity index (χ1v) is 15.0. The van der Waals surface area contributed by atoms with E-state index in [0.29, 0.717) is 41.8 Å². The van der Waals surface area contributed by atoms with Crippen LogP contribution in [0.5, 0.6) is 5.75 Å². The number of likely N-dealkylation sites (N-methyl/N-ethyl adjacent to an activating group) is 1. The second-order valence-electron chi connectivity index (χ2n) is 8.46. The third-order valence-electron chi connectivity index (χ3n) is 6.51. The minimum Gasteiger partial charge on any atom is -0.497 e. The molecule has 1 aliphatic heterocycles. The predicted molar refractivity (Wildman–Crippen MR) is 142 cm³/mol. The fourth-order valence-electron chi connectivity index (χ4n) is 4.32. The van der Waals surface area contributed by atoms with Crippen LogP contribution in [0.4, 0.5) is 5.13 Å². The van der Waals surface area contributed by atoms with Crippen molar-refractivity contribution in [2.75, 3.05) is 51.3 Å². The monoisotopic (exact) mass is 536 g/mol. The van der Waals surface area contributed by atoms with Gasteiger partial charge in [0.05, 0.1) is 17.3 Å². The van der Waals surface area contributed by atoms with Gasteiger partial charge in [0.1, 0.15) is 9.96 Å². The number of methoxy groups -OCH3 is 1. The van der Waals surface area contributed by atoms with E-state index in [0.717, 1.165) is 35.6 Å². The number of aromatic nitrogens is 1. The quantitative estimate of drug-likeness (QED) is 0.387. The molecule has 1 aromatic carbocycles. The highest BCUT2D eigenvalue weighted by Crippen LogP contribution is 2.34. The Bertz CT molecular complexity index is 1230. The number of hydrogen-bond acceptors (Lipinski definition) is 8. The number of sulfonamides is 1. The third-order valence-corrected chi connectivity index (χ3v) is 10.8. The number of carbonyl (C=O) groups excluding carboxylic acids is 1. The smallest absolute Gasteiger partial charge is 0.252 e. The van der Waals surface area contributed by atoms with Gasteiger partial charge in [-0.1, -0.05) is 31.3 Å². The molecule has 0 aliphatic carbocycles. The fourth-order valence-corrected chi connectivity index (χ4v) is 7.96. The lowest BCUT2D eigenvalue weighted by atomic mass is 9.96. The number of benzene rings is 1. The molecule has 0 unspecified atom stereocenters. The molecular formula is C24H32N4O4S3. The van der Waals surface area contributed by atoms with E-state index < -0.39 is 10.0 Å². The van der Waals surface area contributed by atoms with Crippen molar-refractivity contribution < 1.29 is 17.9 Å². The minimum atomic E-state index is -3.49. The summed E-state index contributed by atoms with van der Waals surface area (Å²) >= 11 is 2.71. The van der Waals surface area contributed by atoms with Gasteiger partial charge in [-0.25, -0.2) is 13.4 Å². The molecule has 35 heavy (non-hydrogen) atoms. The number of anilines is 1. The number of thiophene rings is 1. The molecule has 1 saturated heterocycles. The van der Waals surface area contributed by atoms with Gasteiger partial charge in [0.2, 0.25) is 5.91 Å². The molecule has 2 aromatic heterocycles. The maximum atomic E-state index is 13.8. The lowest BCUT2D eigenvalue weighted by Crippen LogP contribution is -2.46. The lowest BCUT2D eigenvalue weighted by molar-refractivity contribution is -0.123. The van der Waals surface area contributed by atoms with Gasteiger partial charge in [0.15, 0.2) is 5.13 Å². The summed E-state index contributed by atoms with van der Waals surface area (Å²) in [6, 6.07) is 9.10. The highest BCUT2D eigenvalue weighted by Gasteiger charge is 2.35. The van der Waals surface area contributed by atoms with E-state index in [1.807, 2.05) is 23.1 Å². The Labute approximate surface area is 215 Å². The van der Waals surface area contributed by atoms with Gasteiger partial charge in [-0.2, -0.15) is 4.31 Å². The standard InChI is InChI=1S/C24H32N4O4S3/c1-4-26(5-2)14-15-28(24-25-20-9-8-19(32-3)17-21(20)34-24)23(29)18-10-12-27(13-11-18)35(30,31)22-7-6-16-33-22/h6-9,16-18H,4-5,10-15H2,1-3H3. The van der Waals surface area contributed by atoms with Crippen molar-refractivity contribution in [3.8, 4) is 5.75 Å². The zero-order valence-electron chi connectivity index (χ0n) is 20.3. The average Bonchev–Trinajstić information content (AvgIpc) is 3.57. The van der Waals surface area contributed by atoms with Gasteiger partial charge in [-0.15, -0.1) is 11.3 Å². The first-order chi connectivity index (χ1) is 16.9. The van der Waals surface area contributed by atoms with E-state index >= 15 is 0 Å². The predicted octanol–water partition coefficient (Wildman–Crippen LogP) is 4.14. The molecule has 1 aliphatic rings. The molecule has 190 valence electrons. The minimum absolute atomic E-state index is 0.0244. The molecule has 3 aromatic rings. The van der Waals surface area contributed by atoms with Crippen LogP contribution in [0.2, 0.25) is 0 Å². The molecule has 4 rings (SSSR count). The molecule has 0 spiro atoms. The van der Waals surface area contributed by atoms with Crippen molar-refractivity contribution in [1.82, 2.24) is 14.2 Å². The highest BCUT2D eigenvalue weighted by molar-refractivity contribution is 7.91. The molecule has 11 heteroatoms. The first kappa shape index (κ1) is 26.0. The number of thiazole rings is 1. The van der Waals surface area contributed by atoms with Crippen LogP contribution in [0.1, 0.15) is 26.7 Å².